The number of sulfonamides is 1. The highest BCUT2D eigenvalue weighted by molar-refractivity contribution is 7.92. The summed E-state index contributed by atoms with van der Waals surface area (Å²) in [5, 5.41) is 5.96. The predicted octanol–water partition coefficient (Wildman–Crippen LogP) is 1.67. The third-order valence-electron chi connectivity index (χ3n) is 2.73. The van der Waals surface area contributed by atoms with Crippen molar-refractivity contribution >= 4 is 32.3 Å². The van der Waals surface area contributed by atoms with Crippen LogP contribution in [0.1, 0.15) is 19.2 Å². The third-order valence-corrected chi connectivity index (χ3v) is 5.00. The summed E-state index contributed by atoms with van der Waals surface area (Å²) in [5.41, 5.74) is 0.621. The summed E-state index contributed by atoms with van der Waals surface area (Å²) >= 11 is 1.23. The Labute approximate surface area is 131 Å². The lowest BCUT2D eigenvalue weighted by Gasteiger charge is -2.00. The smallest absolute Gasteiger partial charge is 0.305 e. The summed E-state index contributed by atoms with van der Waals surface area (Å²) in [6.45, 7) is 1.56. The van der Waals surface area contributed by atoms with E-state index < -0.39 is 10.0 Å². The molecule has 0 amide bonds. The fourth-order valence-electron chi connectivity index (χ4n) is 1.52. The van der Waals surface area contributed by atoms with Gasteiger partial charge in [-0.3, -0.25) is 9.52 Å². The lowest BCUT2D eigenvalue weighted by atomic mass is 10.3. The van der Waals surface area contributed by atoms with E-state index >= 15 is 0 Å². The normalized spacial score (nSPS) is 11.4. The molecule has 2 heterocycles. The minimum absolute atomic E-state index is 0.00152. The van der Waals surface area contributed by atoms with Gasteiger partial charge < -0.3 is 9.26 Å². The van der Waals surface area contributed by atoms with Crippen molar-refractivity contribution < 1.29 is 22.5 Å². The van der Waals surface area contributed by atoms with Crippen LogP contribution < -0.4 is 4.72 Å². The van der Waals surface area contributed by atoms with Crippen molar-refractivity contribution in [2.24, 2.45) is 0 Å². The van der Waals surface area contributed by atoms with Crippen LogP contribution in [-0.4, -0.2) is 37.4 Å². The molecule has 0 saturated heterocycles. The first-order valence-electron chi connectivity index (χ1n) is 6.42. The van der Waals surface area contributed by atoms with Crippen LogP contribution in [0.2, 0.25) is 0 Å². The van der Waals surface area contributed by atoms with Gasteiger partial charge in [0.2, 0.25) is 10.0 Å². The van der Waals surface area contributed by atoms with Gasteiger partial charge in [-0.15, -0.1) is 11.3 Å². The number of aryl methyl sites for hydroxylation is 1. The highest BCUT2D eigenvalue weighted by Gasteiger charge is 2.14. The van der Waals surface area contributed by atoms with Gasteiger partial charge in [0, 0.05) is 11.8 Å². The minimum atomic E-state index is -3.31. The second-order valence-corrected chi connectivity index (χ2v) is 7.22. The molecule has 0 radical (unpaired) electrons. The Balaban J connectivity index is 2.05. The summed E-state index contributed by atoms with van der Waals surface area (Å²) < 4.78 is 35.1. The average Bonchev–Trinajstić information content (AvgIpc) is 3.13. The van der Waals surface area contributed by atoms with Gasteiger partial charge in [-0.05, 0) is 13.0 Å². The Morgan fingerprint density at radius 3 is 2.95 bits per heavy atom. The van der Waals surface area contributed by atoms with Crippen LogP contribution >= 0.6 is 11.3 Å². The van der Waals surface area contributed by atoms with E-state index in [1.165, 1.54) is 18.4 Å². The number of ether oxygens (including phenoxy) is 1. The largest absolute Gasteiger partial charge is 0.469 e. The number of carbonyl (C=O) groups excluding carboxylic acids is 1. The molecule has 22 heavy (non-hydrogen) atoms. The van der Waals surface area contributed by atoms with Crippen molar-refractivity contribution in [3.05, 3.63) is 17.3 Å². The zero-order valence-corrected chi connectivity index (χ0v) is 13.7. The third kappa shape index (κ3) is 4.28. The molecular formula is C12H15N3O5S2. The fraction of sp³-hybridized carbons (Fsp3) is 0.417. The molecule has 0 aliphatic heterocycles. The molecule has 0 aliphatic rings. The van der Waals surface area contributed by atoms with Crippen LogP contribution in [-0.2, 0) is 26.0 Å². The number of esters is 1. The van der Waals surface area contributed by atoms with E-state index in [0.29, 0.717) is 22.8 Å². The zero-order chi connectivity index (χ0) is 16.2. The van der Waals surface area contributed by atoms with E-state index in [4.69, 9.17) is 4.52 Å². The predicted molar refractivity (Wildman–Crippen MR) is 81.0 cm³/mol. The number of anilines is 1. The van der Waals surface area contributed by atoms with E-state index in [9.17, 15) is 13.2 Å². The summed E-state index contributed by atoms with van der Waals surface area (Å²) in [6, 6.07) is 1.62. The van der Waals surface area contributed by atoms with Gasteiger partial charge in [0.1, 0.15) is 5.00 Å². The Bertz CT molecular complexity index is 750. The van der Waals surface area contributed by atoms with Crippen LogP contribution in [0.4, 0.5) is 5.00 Å². The lowest BCUT2D eigenvalue weighted by Crippen LogP contribution is -2.13. The van der Waals surface area contributed by atoms with Gasteiger partial charge in [-0.2, -0.15) is 4.98 Å². The Morgan fingerprint density at radius 2 is 2.27 bits per heavy atom. The molecule has 1 N–H and O–H groups in total. The second kappa shape index (κ2) is 6.88. The molecule has 0 saturated carbocycles. The minimum Gasteiger partial charge on any atom is -0.469 e. The number of nitrogens with one attached hydrogen (secondary N) is 1. The van der Waals surface area contributed by atoms with Crippen molar-refractivity contribution in [1.29, 1.82) is 0 Å². The molecule has 120 valence electrons. The maximum atomic E-state index is 11.5. The molecular weight excluding hydrogens is 330 g/mol. The van der Waals surface area contributed by atoms with Crippen LogP contribution in [0, 0.1) is 0 Å². The molecule has 0 bridgehead atoms. The number of aromatic nitrogens is 2. The van der Waals surface area contributed by atoms with Gasteiger partial charge in [-0.25, -0.2) is 8.42 Å². The molecule has 0 aliphatic carbocycles. The van der Waals surface area contributed by atoms with Crippen LogP contribution in [0.3, 0.4) is 0 Å². The van der Waals surface area contributed by atoms with E-state index in [0.717, 1.165) is 0 Å². The quantitative estimate of drug-likeness (QED) is 0.760. The number of rotatable bonds is 7. The topological polar surface area (TPSA) is 111 Å². The Hall–Kier alpha value is -1.94. The molecule has 0 fully saturated rings. The zero-order valence-electron chi connectivity index (χ0n) is 12.0. The molecule has 2 aromatic rings. The van der Waals surface area contributed by atoms with Crippen LogP contribution in [0.25, 0.3) is 11.5 Å². The van der Waals surface area contributed by atoms with Gasteiger partial charge in [-0.1, -0.05) is 5.16 Å². The number of methoxy groups -OCH3 is 1. The summed E-state index contributed by atoms with van der Waals surface area (Å²) in [4.78, 5) is 15.2. The highest BCUT2D eigenvalue weighted by atomic mass is 32.2. The number of hydrogen-bond acceptors (Lipinski definition) is 8. The number of thiophene rings is 1. The van der Waals surface area contributed by atoms with Crippen molar-refractivity contribution in [2.75, 3.05) is 17.6 Å². The summed E-state index contributed by atoms with van der Waals surface area (Å²) in [6.07, 6.45) is 0.482. The molecule has 2 rings (SSSR count). The van der Waals surface area contributed by atoms with Gasteiger partial charge in [0.25, 0.3) is 5.89 Å². The van der Waals surface area contributed by atoms with Crippen molar-refractivity contribution in [3.63, 3.8) is 0 Å². The van der Waals surface area contributed by atoms with Crippen molar-refractivity contribution in [1.82, 2.24) is 10.1 Å². The van der Waals surface area contributed by atoms with E-state index in [-0.39, 0.29) is 24.0 Å². The molecule has 0 spiro atoms. The molecule has 8 nitrogen and oxygen atoms in total. The van der Waals surface area contributed by atoms with E-state index in [2.05, 4.69) is 19.6 Å². The maximum absolute atomic E-state index is 11.5. The SMILES string of the molecule is CCS(=O)(=O)Nc1cc(-c2nc(CCC(=O)OC)no2)cs1. The molecule has 0 unspecified atom stereocenters. The van der Waals surface area contributed by atoms with Crippen molar-refractivity contribution in [3.8, 4) is 11.5 Å². The molecule has 10 heteroatoms. The number of carbonyl (C=O) groups is 1. The second-order valence-electron chi connectivity index (χ2n) is 4.30. The van der Waals surface area contributed by atoms with Gasteiger partial charge >= 0.3 is 5.97 Å². The van der Waals surface area contributed by atoms with Crippen LogP contribution in [0.5, 0.6) is 0 Å². The first-order chi connectivity index (χ1) is 10.4. The summed E-state index contributed by atoms with van der Waals surface area (Å²) in [5.74, 6) is 0.317. The molecule has 0 atom stereocenters. The first kappa shape index (κ1) is 16.4. The monoisotopic (exact) mass is 345 g/mol. The van der Waals surface area contributed by atoms with Crippen LogP contribution in [0.15, 0.2) is 16.0 Å². The van der Waals surface area contributed by atoms with Gasteiger partial charge in [0.15, 0.2) is 5.82 Å². The van der Waals surface area contributed by atoms with Gasteiger partial charge in [0.05, 0.1) is 24.8 Å². The lowest BCUT2D eigenvalue weighted by molar-refractivity contribution is -0.140. The fourth-order valence-corrected chi connectivity index (χ4v) is 3.22. The average molecular weight is 345 g/mol. The summed E-state index contributed by atoms with van der Waals surface area (Å²) in [7, 11) is -2.00. The van der Waals surface area contributed by atoms with E-state index in [1.807, 2.05) is 0 Å². The maximum Gasteiger partial charge on any atom is 0.305 e. The molecule has 2 aromatic heterocycles. The molecule has 0 aromatic carbocycles. The van der Waals surface area contributed by atoms with Crippen molar-refractivity contribution in [2.45, 2.75) is 19.8 Å². The van der Waals surface area contributed by atoms with E-state index in [1.54, 1.807) is 18.4 Å². The first-order valence-corrected chi connectivity index (χ1v) is 8.95. The Kier molecular flexibility index (Phi) is 5.14. The number of hydrogen-bond donors (Lipinski definition) is 1. The Morgan fingerprint density at radius 1 is 1.50 bits per heavy atom. The highest BCUT2D eigenvalue weighted by Crippen LogP contribution is 2.28. The standard InChI is InChI=1S/C12H15N3O5S2/c1-3-22(17,18)15-10-6-8(7-21-10)12-13-9(14-20-12)4-5-11(16)19-2/h6-7,15H,3-5H2,1-2H3. The number of nitrogens with zero attached hydrogens (tertiary/aromatic N) is 2.